The summed E-state index contributed by atoms with van der Waals surface area (Å²) in [5.41, 5.74) is 0.629. The predicted octanol–water partition coefficient (Wildman–Crippen LogP) is 1.78. The Morgan fingerprint density at radius 1 is 1.26 bits per heavy atom. The predicted molar refractivity (Wildman–Crippen MR) is 100 cm³/mol. The van der Waals surface area contributed by atoms with Crippen LogP contribution in [0, 0.1) is 0 Å². The summed E-state index contributed by atoms with van der Waals surface area (Å²) in [6.45, 7) is 1.43. The van der Waals surface area contributed by atoms with Crippen molar-refractivity contribution in [2.75, 3.05) is 25.6 Å². The first-order chi connectivity index (χ1) is 13.1. The Kier molecular flexibility index (Phi) is 6.55. The van der Waals surface area contributed by atoms with Crippen LogP contribution < -0.4 is 20.7 Å². The number of urea groups is 1. The lowest BCUT2D eigenvalue weighted by Crippen LogP contribution is -2.39. The standard InChI is InChI=1S/C17H21N5O4S/c1-25-12-6-4-11(5-7-12)20-15(23)16-22-21-14(27-16)10-19-17(24)18-9-13-3-2-8-26-13/h4-7,13H,2-3,8-10H2,1H3,(H,20,23)(H2,18,19,24). The lowest BCUT2D eigenvalue weighted by atomic mass is 10.2. The number of amides is 3. The number of carbonyl (C=O) groups is 2. The molecule has 0 saturated carbocycles. The molecule has 0 bridgehead atoms. The number of ether oxygens (including phenoxy) is 2. The maximum atomic E-state index is 12.2. The molecule has 1 fully saturated rings. The van der Waals surface area contributed by atoms with Crippen molar-refractivity contribution in [1.82, 2.24) is 20.8 Å². The number of hydrogen-bond acceptors (Lipinski definition) is 7. The molecule has 3 amide bonds. The second-order valence-electron chi connectivity index (χ2n) is 5.88. The fourth-order valence-electron chi connectivity index (χ4n) is 2.51. The third-order valence-electron chi connectivity index (χ3n) is 3.92. The van der Waals surface area contributed by atoms with Gasteiger partial charge in [0.1, 0.15) is 10.8 Å². The van der Waals surface area contributed by atoms with Crippen LogP contribution in [-0.4, -0.2) is 48.5 Å². The molecule has 1 unspecified atom stereocenters. The highest BCUT2D eigenvalue weighted by Crippen LogP contribution is 2.17. The summed E-state index contributed by atoms with van der Waals surface area (Å²) < 4.78 is 10.5. The van der Waals surface area contributed by atoms with Crippen molar-refractivity contribution in [2.45, 2.75) is 25.5 Å². The second-order valence-corrected chi connectivity index (χ2v) is 6.94. The molecule has 1 saturated heterocycles. The van der Waals surface area contributed by atoms with Gasteiger partial charge in [-0.1, -0.05) is 11.3 Å². The van der Waals surface area contributed by atoms with Crippen molar-refractivity contribution >= 4 is 29.0 Å². The summed E-state index contributed by atoms with van der Waals surface area (Å²) in [6, 6.07) is 6.67. The van der Waals surface area contributed by atoms with Crippen molar-refractivity contribution < 1.29 is 19.1 Å². The Morgan fingerprint density at radius 2 is 2.07 bits per heavy atom. The third-order valence-corrected chi connectivity index (χ3v) is 4.85. The van der Waals surface area contributed by atoms with E-state index in [0.717, 1.165) is 30.8 Å². The van der Waals surface area contributed by atoms with Crippen molar-refractivity contribution in [3.8, 4) is 5.75 Å². The smallest absolute Gasteiger partial charge is 0.315 e. The SMILES string of the molecule is COc1ccc(NC(=O)c2nnc(CNC(=O)NCC3CCCO3)s2)cc1. The number of anilines is 1. The van der Waals surface area contributed by atoms with E-state index in [1.165, 1.54) is 0 Å². The van der Waals surface area contributed by atoms with Gasteiger partial charge in [0, 0.05) is 18.8 Å². The number of carbonyl (C=O) groups excluding carboxylic acids is 2. The normalized spacial score (nSPS) is 16.0. The van der Waals surface area contributed by atoms with Gasteiger partial charge < -0.3 is 25.4 Å². The van der Waals surface area contributed by atoms with Crippen LogP contribution in [0.15, 0.2) is 24.3 Å². The van der Waals surface area contributed by atoms with Gasteiger partial charge in [-0.25, -0.2) is 4.79 Å². The number of rotatable bonds is 7. The number of nitrogens with one attached hydrogen (secondary N) is 3. The van der Waals surface area contributed by atoms with E-state index < -0.39 is 0 Å². The third kappa shape index (κ3) is 5.63. The summed E-state index contributed by atoms with van der Waals surface area (Å²) in [5.74, 6) is 0.349. The van der Waals surface area contributed by atoms with Crippen molar-refractivity contribution in [3.63, 3.8) is 0 Å². The van der Waals surface area contributed by atoms with Crippen LogP contribution in [0.2, 0.25) is 0 Å². The van der Waals surface area contributed by atoms with E-state index in [-0.39, 0.29) is 29.6 Å². The highest BCUT2D eigenvalue weighted by atomic mass is 32.1. The number of nitrogens with zero attached hydrogens (tertiary/aromatic N) is 2. The molecule has 0 spiro atoms. The summed E-state index contributed by atoms with van der Waals surface area (Å²) in [6.07, 6.45) is 2.08. The first-order valence-corrected chi connectivity index (χ1v) is 9.37. The fraction of sp³-hybridized carbons (Fsp3) is 0.412. The number of aromatic nitrogens is 2. The van der Waals surface area contributed by atoms with Crippen molar-refractivity contribution in [1.29, 1.82) is 0 Å². The maximum Gasteiger partial charge on any atom is 0.315 e. The number of hydrogen-bond donors (Lipinski definition) is 3. The minimum Gasteiger partial charge on any atom is -0.497 e. The van der Waals surface area contributed by atoms with Gasteiger partial charge in [0.2, 0.25) is 5.01 Å². The second kappa shape index (κ2) is 9.28. The summed E-state index contributed by atoms with van der Waals surface area (Å²) >= 11 is 1.13. The van der Waals surface area contributed by atoms with Gasteiger partial charge in [-0.2, -0.15) is 0 Å². The van der Waals surface area contributed by atoms with Crippen molar-refractivity contribution in [2.24, 2.45) is 0 Å². The fourth-order valence-corrected chi connectivity index (χ4v) is 3.18. The molecule has 1 aromatic heterocycles. The number of benzene rings is 1. The zero-order valence-corrected chi connectivity index (χ0v) is 15.7. The maximum absolute atomic E-state index is 12.2. The molecule has 2 heterocycles. The Morgan fingerprint density at radius 3 is 2.78 bits per heavy atom. The molecular formula is C17H21N5O4S. The lowest BCUT2D eigenvalue weighted by Gasteiger charge is -2.10. The van der Waals surface area contributed by atoms with Crippen LogP contribution in [0.5, 0.6) is 5.75 Å². The van der Waals surface area contributed by atoms with Gasteiger partial charge in [0.25, 0.3) is 5.91 Å². The first-order valence-electron chi connectivity index (χ1n) is 8.55. The number of methoxy groups -OCH3 is 1. The quantitative estimate of drug-likeness (QED) is 0.663. The molecule has 10 heteroatoms. The van der Waals surface area contributed by atoms with E-state index in [2.05, 4.69) is 26.1 Å². The van der Waals surface area contributed by atoms with E-state index >= 15 is 0 Å². The van der Waals surface area contributed by atoms with Gasteiger partial charge in [-0.3, -0.25) is 4.79 Å². The highest BCUT2D eigenvalue weighted by molar-refractivity contribution is 7.13. The van der Waals surface area contributed by atoms with Gasteiger partial charge in [-0.05, 0) is 37.1 Å². The Bertz CT molecular complexity index is 774. The molecule has 1 aromatic carbocycles. The molecule has 1 atom stereocenters. The topological polar surface area (TPSA) is 114 Å². The largest absolute Gasteiger partial charge is 0.497 e. The molecule has 144 valence electrons. The molecule has 9 nitrogen and oxygen atoms in total. The van der Waals surface area contributed by atoms with Gasteiger partial charge in [0.15, 0.2) is 0 Å². The lowest BCUT2D eigenvalue weighted by molar-refractivity contribution is 0.102. The Hall–Kier alpha value is -2.72. The molecule has 1 aliphatic rings. The van der Waals surface area contributed by atoms with E-state index in [1.807, 2.05) is 0 Å². The van der Waals surface area contributed by atoms with Crippen LogP contribution in [0.25, 0.3) is 0 Å². The van der Waals surface area contributed by atoms with Crippen LogP contribution in [0.3, 0.4) is 0 Å². The molecule has 1 aliphatic heterocycles. The van der Waals surface area contributed by atoms with Crippen LogP contribution in [0.1, 0.15) is 27.7 Å². The highest BCUT2D eigenvalue weighted by Gasteiger charge is 2.17. The zero-order chi connectivity index (χ0) is 19.1. The first kappa shape index (κ1) is 19.1. The van der Waals surface area contributed by atoms with Crippen molar-refractivity contribution in [3.05, 3.63) is 34.3 Å². The summed E-state index contributed by atoms with van der Waals surface area (Å²) in [5, 5.41) is 16.8. The Labute approximate surface area is 160 Å². The monoisotopic (exact) mass is 391 g/mol. The molecule has 2 aromatic rings. The molecule has 0 aliphatic carbocycles. The van der Waals surface area contributed by atoms with Gasteiger partial charge >= 0.3 is 6.03 Å². The Balaban J connectivity index is 1.44. The molecular weight excluding hydrogens is 370 g/mol. The van der Waals surface area contributed by atoms with E-state index in [1.54, 1.807) is 31.4 Å². The van der Waals surface area contributed by atoms with E-state index in [0.29, 0.717) is 23.0 Å². The average Bonchev–Trinajstić information content (AvgIpc) is 3.37. The summed E-state index contributed by atoms with van der Waals surface area (Å²) in [7, 11) is 1.58. The van der Waals surface area contributed by atoms with Gasteiger partial charge in [0.05, 0.1) is 19.8 Å². The molecule has 3 N–H and O–H groups in total. The molecule has 27 heavy (non-hydrogen) atoms. The van der Waals surface area contributed by atoms with E-state index in [4.69, 9.17) is 9.47 Å². The van der Waals surface area contributed by atoms with Crippen LogP contribution in [0.4, 0.5) is 10.5 Å². The molecule has 3 rings (SSSR count). The zero-order valence-electron chi connectivity index (χ0n) is 14.9. The summed E-state index contributed by atoms with van der Waals surface area (Å²) in [4.78, 5) is 24.0. The van der Waals surface area contributed by atoms with E-state index in [9.17, 15) is 9.59 Å². The molecule has 0 radical (unpaired) electrons. The van der Waals surface area contributed by atoms with Gasteiger partial charge in [-0.15, -0.1) is 10.2 Å². The van der Waals surface area contributed by atoms with Crippen LogP contribution in [-0.2, 0) is 11.3 Å². The average molecular weight is 391 g/mol. The minimum atomic E-state index is -0.355. The van der Waals surface area contributed by atoms with Crippen LogP contribution >= 0.6 is 11.3 Å². The minimum absolute atomic E-state index is 0.0885.